The molecule has 1 aromatic carbocycles. The van der Waals surface area contributed by atoms with E-state index in [0.29, 0.717) is 24.3 Å². The predicted molar refractivity (Wildman–Crippen MR) is 66.1 cm³/mol. The second-order valence-corrected chi connectivity index (χ2v) is 4.35. The Kier molecular flexibility index (Phi) is 4.16. The SMILES string of the molecule is COC1CN(c2cccc(F)c2CO)CC1OC. The molecule has 1 fully saturated rings. The molecule has 0 aromatic heterocycles. The van der Waals surface area contributed by atoms with E-state index in [2.05, 4.69) is 0 Å². The molecule has 1 saturated heterocycles. The third-order valence-electron chi connectivity index (χ3n) is 3.41. The summed E-state index contributed by atoms with van der Waals surface area (Å²) in [6.07, 6.45) is -0.0744. The molecule has 4 nitrogen and oxygen atoms in total. The normalized spacial score (nSPS) is 23.7. The highest BCUT2D eigenvalue weighted by Gasteiger charge is 2.34. The number of benzene rings is 1. The number of hydrogen-bond acceptors (Lipinski definition) is 4. The summed E-state index contributed by atoms with van der Waals surface area (Å²) >= 11 is 0. The first-order chi connectivity index (χ1) is 8.71. The van der Waals surface area contributed by atoms with E-state index in [9.17, 15) is 9.50 Å². The van der Waals surface area contributed by atoms with E-state index in [-0.39, 0.29) is 24.6 Å². The summed E-state index contributed by atoms with van der Waals surface area (Å²) < 4.78 is 24.3. The van der Waals surface area contributed by atoms with Gasteiger partial charge in [-0.25, -0.2) is 4.39 Å². The van der Waals surface area contributed by atoms with E-state index < -0.39 is 0 Å². The van der Waals surface area contributed by atoms with Crippen LogP contribution in [-0.2, 0) is 16.1 Å². The fourth-order valence-electron chi connectivity index (χ4n) is 2.39. The van der Waals surface area contributed by atoms with Gasteiger partial charge in [-0.15, -0.1) is 0 Å². The van der Waals surface area contributed by atoms with Crippen molar-refractivity contribution in [2.75, 3.05) is 32.2 Å². The Bertz CT molecular complexity index is 401. The molecular formula is C13H18FNO3. The largest absolute Gasteiger partial charge is 0.391 e. The van der Waals surface area contributed by atoms with Crippen molar-refractivity contribution in [3.05, 3.63) is 29.6 Å². The van der Waals surface area contributed by atoms with Gasteiger partial charge >= 0.3 is 0 Å². The Morgan fingerprint density at radius 2 is 1.89 bits per heavy atom. The van der Waals surface area contributed by atoms with Gasteiger partial charge in [0.2, 0.25) is 0 Å². The van der Waals surface area contributed by atoms with Crippen molar-refractivity contribution in [2.45, 2.75) is 18.8 Å². The average molecular weight is 255 g/mol. The summed E-state index contributed by atoms with van der Waals surface area (Å²) in [6.45, 7) is 0.949. The molecule has 1 aliphatic rings. The molecule has 0 bridgehead atoms. The average Bonchev–Trinajstić information content (AvgIpc) is 2.81. The zero-order valence-corrected chi connectivity index (χ0v) is 10.6. The van der Waals surface area contributed by atoms with Crippen LogP contribution >= 0.6 is 0 Å². The third kappa shape index (κ3) is 2.34. The van der Waals surface area contributed by atoms with E-state index in [0.717, 1.165) is 0 Å². The first kappa shape index (κ1) is 13.3. The topological polar surface area (TPSA) is 41.9 Å². The highest BCUT2D eigenvalue weighted by Crippen LogP contribution is 2.28. The monoisotopic (exact) mass is 255 g/mol. The molecule has 1 aromatic rings. The summed E-state index contributed by atoms with van der Waals surface area (Å²) in [5, 5.41) is 9.28. The van der Waals surface area contributed by atoms with Crippen molar-refractivity contribution in [3.8, 4) is 0 Å². The van der Waals surface area contributed by atoms with Gasteiger partial charge in [0, 0.05) is 38.6 Å². The van der Waals surface area contributed by atoms with Crippen LogP contribution in [0.15, 0.2) is 18.2 Å². The highest BCUT2D eigenvalue weighted by atomic mass is 19.1. The van der Waals surface area contributed by atoms with Crippen LogP contribution in [0.2, 0.25) is 0 Å². The van der Waals surface area contributed by atoms with E-state index >= 15 is 0 Å². The van der Waals surface area contributed by atoms with Gasteiger partial charge in [0.15, 0.2) is 0 Å². The molecule has 5 heteroatoms. The van der Waals surface area contributed by atoms with Gasteiger partial charge in [0.1, 0.15) is 18.0 Å². The number of aliphatic hydroxyl groups excluding tert-OH is 1. The second-order valence-electron chi connectivity index (χ2n) is 4.35. The molecule has 0 saturated carbocycles. The molecule has 2 unspecified atom stereocenters. The second kappa shape index (κ2) is 5.65. The lowest BCUT2D eigenvalue weighted by molar-refractivity contribution is -0.00461. The molecule has 18 heavy (non-hydrogen) atoms. The van der Waals surface area contributed by atoms with Crippen molar-refractivity contribution in [1.82, 2.24) is 0 Å². The molecule has 0 amide bonds. The quantitative estimate of drug-likeness (QED) is 0.877. The van der Waals surface area contributed by atoms with Gasteiger partial charge in [0.25, 0.3) is 0 Å². The molecule has 0 radical (unpaired) electrons. The summed E-state index contributed by atoms with van der Waals surface area (Å²) in [6, 6.07) is 4.80. The van der Waals surface area contributed by atoms with Gasteiger partial charge in [-0.2, -0.15) is 0 Å². The number of aliphatic hydroxyl groups is 1. The van der Waals surface area contributed by atoms with Crippen LogP contribution < -0.4 is 4.90 Å². The first-order valence-electron chi connectivity index (χ1n) is 5.90. The van der Waals surface area contributed by atoms with E-state index in [1.807, 2.05) is 4.90 Å². The van der Waals surface area contributed by atoms with Crippen molar-refractivity contribution in [3.63, 3.8) is 0 Å². The minimum atomic E-state index is -0.384. The van der Waals surface area contributed by atoms with Crippen LogP contribution in [0.25, 0.3) is 0 Å². The number of rotatable bonds is 4. The number of anilines is 1. The lowest BCUT2D eigenvalue weighted by Crippen LogP contribution is -2.27. The minimum absolute atomic E-state index is 0.0372. The summed E-state index contributed by atoms with van der Waals surface area (Å²) in [5.41, 5.74) is 1.03. The van der Waals surface area contributed by atoms with Crippen LogP contribution in [-0.4, -0.2) is 44.6 Å². The summed E-state index contributed by atoms with van der Waals surface area (Å²) in [4.78, 5) is 1.98. The first-order valence-corrected chi connectivity index (χ1v) is 5.90. The standard InChI is InChI=1S/C13H18FNO3/c1-17-12-6-15(7-13(12)18-2)11-5-3-4-10(14)9(11)8-16/h3-5,12-13,16H,6-8H2,1-2H3. The fourth-order valence-corrected chi connectivity index (χ4v) is 2.39. The summed E-state index contributed by atoms with van der Waals surface area (Å²) in [5.74, 6) is -0.384. The molecule has 0 aliphatic carbocycles. The van der Waals surface area contributed by atoms with Crippen molar-refractivity contribution in [1.29, 1.82) is 0 Å². The smallest absolute Gasteiger partial charge is 0.130 e. The van der Waals surface area contributed by atoms with Crippen molar-refractivity contribution in [2.24, 2.45) is 0 Å². The van der Waals surface area contributed by atoms with Crippen LogP contribution in [0.5, 0.6) is 0 Å². The Morgan fingerprint density at radius 1 is 1.28 bits per heavy atom. The van der Waals surface area contributed by atoms with Crippen molar-refractivity contribution < 1.29 is 19.0 Å². The third-order valence-corrected chi connectivity index (χ3v) is 3.41. The van der Waals surface area contributed by atoms with E-state index in [4.69, 9.17) is 9.47 Å². The van der Waals surface area contributed by atoms with Crippen molar-refractivity contribution >= 4 is 5.69 Å². The fraction of sp³-hybridized carbons (Fsp3) is 0.538. The van der Waals surface area contributed by atoms with Crippen LogP contribution in [0.4, 0.5) is 10.1 Å². The minimum Gasteiger partial charge on any atom is -0.391 e. The number of halogens is 1. The van der Waals surface area contributed by atoms with Gasteiger partial charge in [-0.1, -0.05) is 6.07 Å². The maximum atomic E-state index is 13.6. The van der Waals surface area contributed by atoms with Crippen LogP contribution in [0, 0.1) is 5.82 Å². The molecule has 1 N–H and O–H groups in total. The van der Waals surface area contributed by atoms with Gasteiger partial charge in [0.05, 0.1) is 6.61 Å². The van der Waals surface area contributed by atoms with Gasteiger partial charge in [-0.3, -0.25) is 0 Å². The van der Waals surface area contributed by atoms with E-state index in [1.54, 1.807) is 26.4 Å². The molecule has 2 rings (SSSR count). The highest BCUT2D eigenvalue weighted by molar-refractivity contribution is 5.55. The maximum absolute atomic E-state index is 13.6. The Balaban J connectivity index is 2.25. The zero-order chi connectivity index (χ0) is 13.1. The maximum Gasteiger partial charge on any atom is 0.130 e. The number of hydrogen-bond donors (Lipinski definition) is 1. The predicted octanol–water partition coefficient (Wildman–Crippen LogP) is 1.17. The molecular weight excluding hydrogens is 237 g/mol. The Hall–Kier alpha value is -1.17. The Labute approximate surface area is 106 Å². The molecule has 100 valence electrons. The van der Waals surface area contributed by atoms with E-state index in [1.165, 1.54) is 6.07 Å². The lowest BCUT2D eigenvalue weighted by atomic mass is 10.1. The zero-order valence-electron chi connectivity index (χ0n) is 10.6. The Morgan fingerprint density at radius 3 is 2.39 bits per heavy atom. The lowest BCUT2D eigenvalue weighted by Gasteiger charge is -2.21. The van der Waals surface area contributed by atoms with Crippen LogP contribution in [0.3, 0.4) is 0 Å². The molecule has 1 heterocycles. The number of methoxy groups -OCH3 is 2. The number of ether oxygens (including phenoxy) is 2. The number of nitrogens with zero attached hydrogens (tertiary/aromatic N) is 1. The molecule has 2 atom stereocenters. The molecule has 0 spiro atoms. The van der Waals surface area contributed by atoms with Gasteiger partial charge in [-0.05, 0) is 12.1 Å². The van der Waals surface area contributed by atoms with Crippen LogP contribution in [0.1, 0.15) is 5.56 Å². The summed E-state index contributed by atoms with van der Waals surface area (Å²) in [7, 11) is 3.28. The van der Waals surface area contributed by atoms with Gasteiger partial charge < -0.3 is 19.5 Å². The molecule has 1 aliphatic heterocycles.